The van der Waals surface area contributed by atoms with Crippen molar-refractivity contribution in [3.05, 3.63) is 77.9 Å². The molecule has 0 fully saturated rings. The standard InChI is InChI=1S/C24H29NSi/c1-3-26(4-2)22-16-21-15-14-20-12-8-9-13-23(20)24(21)25(18-22)17-19-10-6-5-7-11-19/h5-15,22,26H,3-4,16-18H2,1-2H3/t22-/m1/s1. The first-order valence-electron chi connectivity index (χ1n) is 10.1. The Bertz CT molecular complexity index is 870. The van der Waals surface area contributed by atoms with Crippen molar-refractivity contribution in [1.82, 2.24) is 0 Å². The minimum Gasteiger partial charge on any atom is -0.366 e. The Kier molecular flexibility index (Phi) is 5.12. The van der Waals surface area contributed by atoms with Gasteiger partial charge in [0.15, 0.2) is 0 Å². The van der Waals surface area contributed by atoms with Gasteiger partial charge in [0.25, 0.3) is 0 Å². The molecule has 0 spiro atoms. The van der Waals surface area contributed by atoms with Gasteiger partial charge in [-0.25, -0.2) is 0 Å². The van der Waals surface area contributed by atoms with Gasteiger partial charge in [-0.05, 0) is 28.5 Å². The van der Waals surface area contributed by atoms with Crippen molar-refractivity contribution in [3.63, 3.8) is 0 Å². The Hall–Kier alpha value is -2.06. The number of rotatable bonds is 5. The zero-order valence-corrected chi connectivity index (χ0v) is 17.1. The molecule has 0 aliphatic carbocycles. The van der Waals surface area contributed by atoms with E-state index in [-0.39, 0.29) is 0 Å². The molecule has 0 radical (unpaired) electrons. The van der Waals surface area contributed by atoms with Gasteiger partial charge in [0.05, 0.1) is 0 Å². The first kappa shape index (κ1) is 17.4. The van der Waals surface area contributed by atoms with Crippen LogP contribution in [0.1, 0.15) is 25.0 Å². The van der Waals surface area contributed by atoms with Gasteiger partial charge in [0.2, 0.25) is 0 Å². The molecule has 1 aliphatic heterocycles. The summed E-state index contributed by atoms with van der Waals surface area (Å²) in [5.74, 6) is 0. The van der Waals surface area contributed by atoms with Gasteiger partial charge in [-0.2, -0.15) is 0 Å². The van der Waals surface area contributed by atoms with Gasteiger partial charge in [-0.3, -0.25) is 0 Å². The first-order valence-corrected chi connectivity index (χ1v) is 12.4. The fourth-order valence-corrected chi connectivity index (χ4v) is 7.83. The molecule has 0 saturated heterocycles. The average molecular weight is 360 g/mol. The van der Waals surface area contributed by atoms with E-state index in [4.69, 9.17) is 0 Å². The maximum atomic E-state index is 2.69. The van der Waals surface area contributed by atoms with E-state index in [1.165, 1.54) is 47.1 Å². The summed E-state index contributed by atoms with van der Waals surface area (Å²) < 4.78 is 0. The molecule has 3 aromatic rings. The third-order valence-electron chi connectivity index (χ3n) is 6.17. The molecule has 2 heteroatoms. The van der Waals surface area contributed by atoms with E-state index >= 15 is 0 Å². The topological polar surface area (TPSA) is 3.24 Å². The zero-order chi connectivity index (χ0) is 17.9. The van der Waals surface area contributed by atoms with Gasteiger partial charge in [0.1, 0.15) is 0 Å². The first-order chi connectivity index (χ1) is 12.8. The third kappa shape index (κ3) is 3.31. The fraction of sp³-hybridized carbons (Fsp3) is 0.333. The highest BCUT2D eigenvalue weighted by Gasteiger charge is 2.30. The van der Waals surface area contributed by atoms with E-state index in [9.17, 15) is 0 Å². The molecule has 1 atom stereocenters. The largest absolute Gasteiger partial charge is 0.366 e. The summed E-state index contributed by atoms with van der Waals surface area (Å²) in [5, 5.41) is 2.79. The fourth-order valence-electron chi connectivity index (χ4n) is 4.78. The highest BCUT2D eigenvalue weighted by molar-refractivity contribution is 6.60. The van der Waals surface area contributed by atoms with Crippen LogP contribution >= 0.6 is 0 Å². The Labute approximate surface area is 159 Å². The van der Waals surface area contributed by atoms with Crippen molar-refractivity contribution in [2.75, 3.05) is 11.4 Å². The summed E-state index contributed by atoms with van der Waals surface area (Å²) in [4.78, 5) is 2.69. The lowest BCUT2D eigenvalue weighted by Gasteiger charge is -2.39. The predicted molar refractivity (Wildman–Crippen MR) is 117 cm³/mol. The molecule has 4 rings (SSSR count). The number of hydrogen-bond acceptors (Lipinski definition) is 1. The van der Waals surface area contributed by atoms with Gasteiger partial charge in [-0.15, -0.1) is 0 Å². The molecule has 1 heterocycles. The quantitative estimate of drug-likeness (QED) is 0.502. The lowest BCUT2D eigenvalue weighted by molar-refractivity contribution is 0.678. The zero-order valence-electron chi connectivity index (χ0n) is 16.0. The number of anilines is 1. The number of benzene rings is 3. The molecule has 0 unspecified atom stereocenters. The van der Waals surface area contributed by atoms with E-state index in [1.807, 2.05) is 0 Å². The normalized spacial score (nSPS) is 16.9. The molecule has 134 valence electrons. The summed E-state index contributed by atoms with van der Waals surface area (Å²) in [5.41, 5.74) is 5.36. The van der Waals surface area contributed by atoms with Crippen LogP contribution in [0, 0.1) is 0 Å². The van der Waals surface area contributed by atoms with Crippen LogP contribution in [-0.4, -0.2) is 15.3 Å². The minimum absolute atomic E-state index is 0.682. The number of nitrogens with zero attached hydrogens (tertiary/aromatic N) is 1. The van der Waals surface area contributed by atoms with E-state index in [2.05, 4.69) is 85.5 Å². The summed E-state index contributed by atoms with van der Waals surface area (Å²) in [6.07, 6.45) is 1.28. The average Bonchev–Trinajstić information content (AvgIpc) is 2.69. The Morgan fingerprint density at radius 2 is 1.62 bits per heavy atom. The highest BCUT2D eigenvalue weighted by atomic mass is 28.3. The maximum absolute atomic E-state index is 2.69. The molecule has 1 nitrogen and oxygen atoms in total. The monoisotopic (exact) mass is 359 g/mol. The molecular formula is C24H29NSi. The highest BCUT2D eigenvalue weighted by Crippen LogP contribution is 2.40. The molecular weight excluding hydrogens is 330 g/mol. The second-order valence-corrected chi connectivity index (χ2v) is 11.8. The number of fused-ring (bicyclic) bond motifs is 3. The van der Waals surface area contributed by atoms with Crippen molar-refractivity contribution in [3.8, 4) is 0 Å². The lowest BCUT2D eigenvalue weighted by Crippen LogP contribution is -2.38. The molecule has 1 aliphatic rings. The summed E-state index contributed by atoms with van der Waals surface area (Å²) >= 11 is 0. The molecule has 0 bridgehead atoms. The minimum atomic E-state index is -0.682. The van der Waals surface area contributed by atoms with Crippen LogP contribution in [0.3, 0.4) is 0 Å². The second kappa shape index (κ2) is 7.67. The summed E-state index contributed by atoms with van der Waals surface area (Å²) in [6.45, 7) is 7.08. The van der Waals surface area contributed by atoms with Crippen LogP contribution < -0.4 is 4.90 Å². The molecule has 3 aromatic carbocycles. The van der Waals surface area contributed by atoms with Crippen LogP contribution in [-0.2, 0) is 13.0 Å². The van der Waals surface area contributed by atoms with Crippen LogP contribution in [0.25, 0.3) is 10.8 Å². The van der Waals surface area contributed by atoms with Crippen molar-refractivity contribution >= 4 is 25.3 Å². The predicted octanol–water partition coefficient (Wildman–Crippen LogP) is 6.04. The van der Waals surface area contributed by atoms with Crippen molar-refractivity contribution in [2.45, 2.75) is 44.4 Å². The Morgan fingerprint density at radius 3 is 2.38 bits per heavy atom. The SMILES string of the molecule is CC[SiH](CC)[C@@H]1Cc2ccc3ccccc3c2N(Cc2ccccc2)C1. The van der Waals surface area contributed by atoms with Gasteiger partial charge in [0, 0.05) is 33.0 Å². The van der Waals surface area contributed by atoms with Crippen molar-refractivity contribution in [1.29, 1.82) is 0 Å². The van der Waals surface area contributed by atoms with Crippen LogP contribution in [0.5, 0.6) is 0 Å². The summed E-state index contributed by atoms with van der Waals surface area (Å²) in [6, 6.07) is 27.4. The van der Waals surface area contributed by atoms with E-state index < -0.39 is 8.80 Å². The van der Waals surface area contributed by atoms with Gasteiger partial charge < -0.3 is 4.90 Å². The van der Waals surface area contributed by atoms with Crippen LogP contribution in [0.2, 0.25) is 17.6 Å². The van der Waals surface area contributed by atoms with Crippen molar-refractivity contribution < 1.29 is 0 Å². The molecule has 0 saturated carbocycles. The lowest BCUT2D eigenvalue weighted by atomic mass is 9.95. The van der Waals surface area contributed by atoms with Gasteiger partial charge >= 0.3 is 0 Å². The second-order valence-electron chi connectivity index (χ2n) is 7.70. The van der Waals surface area contributed by atoms with Crippen molar-refractivity contribution in [2.24, 2.45) is 0 Å². The van der Waals surface area contributed by atoms with Crippen LogP contribution in [0.15, 0.2) is 66.7 Å². The van der Waals surface area contributed by atoms with E-state index in [0.717, 1.165) is 12.1 Å². The van der Waals surface area contributed by atoms with Gasteiger partial charge in [-0.1, -0.05) is 92.7 Å². The molecule has 0 amide bonds. The Balaban J connectivity index is 1.78. The van der Waals surface area contributed by atoms with Crippen LogP contribution in [0.4, 0.5) is 5.69 Å². The van der Waals surface area contributed by atoms with E-state index in [0.29, 0.717) is 0 Å². The number of hydrogen-bond donors (Lipinski definition) is 0. The summed E-state index contributed by atoms with van der Waals surface area (Å²) in [7, 11) is -0.682. The molecule has 26 heavy (non-hydrogen) atoms. The van der Waals surface area contributed by atoms with E-state index in [1.54, 1.807) is 5.56 Å². The molecule has 0 N–H and O–H groups in total. The maximum Gasteiger partial charge on any atom is 0.0481 e. The smallest absolute Gasteiger partial charge is 0.0481 e. The molecule has 0 aromatic heterocycles. The Morgan fingerprint density at radius 1 is 0.885 bits per heavy atom. The third-order valence-corrected chi connectivity index (χ3v) is 10.0.